The van der Waals surface area contributed by atoms with Crippen molar-refractivity contribution in [3.05, 3.63) is 70.8 Å². The number of rotatable bonds is 5. The molecule has 0 radical (unpaired) electrons. The van der Waals surface area contributed by atoms with Crippen molar-refractivity contribution in [2.45, 2.75) is 19.5 Å². The Bertz CT molecular complexity index is 917. The van der Waals surface area contributed by atoms with E-state index in [-0.39, 0.29) is 11.8 Å². The van der Waals surface area contributed by atoms with Crippen LogP contribution in [-0.4, -0.2) is 53.6 Å². The summed E-state index contributed by atoms with van der Waals surface area (Å²) in [5.41, 5.74) is 2.00. The highest BCUT2D eigenvalue weighted by Crippen LogP contribution is 2.25. The van der Waals surface area contributed by atoms with Crippen molar-refractivity contribution in [1.82, 2.24) is 15.1 Å². The lowest BCUT2D eigenvalue weighted by Crippen LogP contribution is -2.48. The van der Waals surface area contributed by atoms with Gasteiger partial charge in [-0.25, -0.2) is 0 Å². The third-order valence-electron chi connectivity index (χ3n) is 4.81. The van der Waals surface area contributed by atoms with E-state index in [0.717, 1.165) is 10.5 Å². The number of fused-ring (bicyclic) bond motifs is 1. The van der Waals surface area contributed by atoms with Crippen LogP contribution in [0.5, 0.6) is 0 Å². The van der Waals surface area contributed by atoms with Crippen LogP contribution >= 0.6 is 0 Å². The van der Waals surface area contributed by atoms with E-state index in [0.29, 0.717) is 23.2 Å². The van der Waals surface area contributed by atoms with Gasteiger partial charge >= 0.3 is 0 Å². The van der Waals surface area contributed by atoms with Crippen molar-refractivity contribution in [3.8, 4) is 0 Å². The zero-order valence-electron chi connectivity index (χ0n) is 15.9. The smallest absolute Gasteiger partial charge is 0.262 e. The van der Waals surface area contributed by atoms with Gasteiger partial charge in [0.25, 0.3) is 17.7 Å². The molecular weight excluding hydrogens is 358 g/mol. The summed E-state index contributed by atoms with van der Waals surface area (Å²) in [6.45, 7) is 1.84. The summed E-state index contributed by atoms with van der Waals surface area (Å²) in [6, 6.07) is 12.5. The Kier molecular flexibility index (Phi) is 5.26. The quantitative estimate of drug-likeness (QED) is 0.801. The summed E-state index contributed by atoms with van der Waals surface area (Å²) in [4.78, 5) is 52.0. The first-order valence-corrected chi connectivity index (χ1v) is 8.88. The second-order valence-corrected chi connectivity index (χ2v) is 6.67. The SMILES string of the molecule is CNC(=O)c1ccc(CN(C)C(=O)[C@@H](C)N2C(=O)c3ccccc3C2=O)cc1. The molecule has 2 aromatic rings. The molecule has 0 fully saturated rings. The molecule has 144 valence electrons. The molecule has 0 spiro atoms. The van der Waals surface area contributed by atoms with Crippen molar-refractivity contribution in [3.63, 3.8) is 0 Å². The minimum absolute atomic E-state index is 0.185. The number of hydrogen-bond acceptors (Lipinski definition) is 4. The van der Waals surface area contributed by atoms with Crippen LogP contribution in [0.1, 0.15) is 43.6 Å². The highest BCUT2D eigenvalue weighted by Gasteiger charge is 2.41. The first-order chi connectivity index (χ1) is 13.3. The van der Waals surface area contributed by atoms with Crippen LogP contribution < -0.4 is 5.32 Å². The Labute approximate surface area is 162 Å². The second kappa shape index (κ2) is 7.64. The molecule has 1 atom stereocenters. The maximum Gasteiger partial charge on any atom is 0.262 e. The Balaban J connectivity index is 1.71. The third kappa shape index (κ3) is 3.38. The summed E-state index contributed by atoms with van der Waals surface area (Å²) in [5, 5.41) is 2.55. The maximum absolute atomic E-state index is 12.8. The fourth-order valence-corrected chi connectivity index (χ4v) is 3.25. The molecule has 0 aromatic heterocycles. The number of amides is 4. The molecule has 0 saturated heterocycles. The lowest BCUT2D eigenvalue weighted by molar-refractivity contribution is -0.134. The van der Waals surface area contributed by atoms with Gasteiger partial charge in [0.05, 0.1) is 11.1 Å². The molecule has 1 heterocycles. The molecule has 0 aliphatic carbocycles. The number of nitrogens with one attached hydrogen (secondary N) is 1. The van der Waals surface area contributed by atoms with Gasteiger partial charge in [0, 0.05) is 26.2 Å². The molecule has 4 amide bonds. The number of benzene rings is 2. The molecule has 1 aliphatic rings. The van der Waals surface area contributed by atoms with Gasteiger partial charge in [-0.05, 0) is 36.8 Å². The van der Waals surface area contributed by atoms with E-state index in [2.05, 4.69) is 5.32 Å². The van der Waals surface area contributed by atoms with E-state index in [1.165, 1.54) is 4.90 Å². The maximum atomic E-state index is 12.8. The predicted octanol–water partition coefficient (Wildman–Crippen LogP) is 1.69. The largest absolute Gasteiger partial charge is 0.355 e. The molecule has 0 saturated carbocycles. The Hall–Kier alpha value is -3.48. The van der Waals surface area contributed by atoms with Crippen LogP contribution in [-0.2, 0) is 11.3 Å². The summed E-state index contributed by atoms with van der Waals surface area (Å²) >= 11 is 0. The molecule has 28 heavy (non-hydrogen) atoms. The summed E-state index contributed by atoms with van der Waals surface area (Å²) in [5.74, 6) is -1.44. The lowest BCUT2D eigenvalue weighted by atomic mass is 10.1. The first-order valence-electron chi connectivity index (χ1n) is 8.88. The van der Waals surface area contributed by atoms with Crippen molar-refractivity contribution < 1.29 is 19.2 Å². The monoisotopic (exact) mass is 379 g/mol. The van der Waals surface area contributed by atoms with Crippen LogP contribution in [0.4, 0.5) is 0 Å². The van der Waals surface area contributed by atoms with Gasteiger partial charge < -0.3 is 10.2 Å². The number of nitrogens with zero attached hydrogens (tertiary/aromatic N) is 2. The molecule has 0 bridgehead atoms. The zero-order valence-corrected chi connectivity index (χ0v) is 15.9. The van der Waals surface area contributed by atoms with Gasteiger partial charge in [0.2, 0.25) is 5.91 Å². The fraction of sp³-hybridized carbons (Fsp3) is 0.238. The number of likely N-dealkylation sites (N-methyl/N-ethyl adjacent to an activating group) is 1. The normalized spacial score (nSPS) is 13.9. The summed E-state index contributed by atoms with van der Waals surface area (Å²) in [7, 11) is 3.17. The molecule has 2 aromatic carbocycles. The molecule has 1 N–H and O–H groups in total. The fourth-order valence-electron chi connectivity index (χ4n) is 3.25. The second-order valence-electron chi connectivity index (χ2n) is 6.67. The molecule has 0 unspecified atom stereocenters. The Morgan fingerprint density at radius 3 is 2.04 bits per heavy atom. The van der Waals surface area contributed by atoms with Crippen LogP contribution in [0.25, 0.3) is 0 Å². The van der Waals surface area contributed by atoms with Crippen molar-refractivity contribution in [1.29, 1.82) is 0 Å². The average Bonchev–Trinajstić information content (AvgIpc) is 2.97. The standard InChI is InChI=1S/C21H21N3O4/c1-13(24-20(27)16-6-4-5-7-17(16)21(24)28)19(26)23(3)12-14-8-10-15(11-9-14)18(25)22-2/h4-11,13H,12H2,1-3H3,(H,22,25)/t13-/m1/s1. The molecule has 1 aliphatic heterocycles. The summed E-state index contributed by atoms with van der Waals surface area (Å²) in [6.07, 6.45) is 0. The predicted molar refractivity (Wildman–Crippen MR) is 103 cm³/mol. The third-order valence-corrected chi connectivity index (χ3v) is 4.81. The van der Waals surface area contributed by atoms with E-state index in [9.17, 15) is 19.2 Å². The van der Waals surface area contributed by atoms with E-state index < -0.39 is 17.9 Å². The molecular formula is C21H21N3O4. The first kappa shape index (κ1) is 19.3. The topological polar surface area (TPSA) is 86.8 Å². The van der Waals surface area contributed by atoms with Crippen molar-refractivity contribution in [2.75, 3.05) is 14.1 Å². The van der Waals surface area contributed by atoms with Crippen LogP contribution in [0.2, 0.25) is 0 Å². The molecule has 7 heteroatoms. The average molecular weight is 379 g/mol. The number of hydrogen-bond donors (Lipinski definition) is 1. The van der Waals surface area contributed by atoms with Gasteiger partial charge in [-0.1, -0.05) is 24.3 Å². The van der Waals surface area contributed by atoms with Crippen molar-refractivity contribution >= 4 is 23.6 Å². The number of carbonyl (C=O) groups is 4. The minimum Gasteiger partial charge on any atom is -0.355 e. The van der Waals surface area contributed by atoms with Crippen molar-refractivity contribution in [2.24, 2.45) is 0 Å². The van der Waals surface area contributed by atoms with E-state index in [1.807, 2.05) is 0 Å². The lowest BCUT2D eigenvalue weighted by Gasteiger charge is -2.26. The van der Waals surface area contributed by atoms with Gasteiger partial charge in [0.15, 0.2) is 0 Å². The number of imide groups is 1. The van der Waals surface area contributed by atoms with Crippen LogP contribution in [0, 0.1) is 0 Å². The molecule has 7 nitrogen and oxygen atoms in total. The van der Waals surface area contributed by atoms with E-state index >= 15 is 0 Å². The van der Waals surface area contributed by atoms with E-state index in [4.69, 9.17) is 0 Å². The number of carbonyl (C=O) groups excluding carboxylic acids is 4. The Morgan fingerprint density at radius 2 is 1.54 bits per heavy atom. The van der Waals surface area contributed by atoms with Gasteiger partial charge in [-0.15, -0.1) is 0 Å². The van der Waals surface area contributed by atoms with Gasteiger partial charge in [0.1, 0.15) is 6.04 Å². The minimum atomic E-state index is -0.914. The highest BCUT2D eigenvalue weighted by molar-refractivity contribution is 6.22. The molecule has 3 rings (SSSR count). The van der Waals surface area contributed by atoms with Gasteiger partial charge in [-0.3, -0.25) is 24.1 Å². The summed E-state index contributed by atoms with van der Waals surface area (Å²) < 4.78 is 0. The van der Waals surface area contributed by atoms with Crippen LogP contribution in [0.15, 0.2) is 48.5 Å². The van der Waals surface area contributed by atoms with E-state index in [1.54, 1.807) is 69.6 Å². The van der Waals surface area contributed by atoms with Gasteiger partial charge in [-0.2, -0.15) is 0 Å². The van der Waals surface area contributed by atoms with Crippen LogP contribution in [0.3, 0.4) is 0 Å². The Morgan fingerprint density at radius 1 is 1.00 bits per heavy atom. The zero-order chi connectivity index (χ0) is 20.4. The highest BCUT2D eigenvalue weighted by atomic mass is 16.2.